The summed E-state index contributed by atoms with van der Waals surface area (Å²) in [4.78, 5) is 10.8. The molecule has 1 saturated heterocycles. The van der Waals surface area contributed by atoms with E-state index in [1.165, 1.54) is 0 Å². The Balaban J connectivity index is 2.40. The fourth-order valence-corrected chi connectivity index (χ4v) is 1.39. The van der Waals surface area contributed by atoms with Gasteiger partial charge in [-0.2, -0.15) is 0 Å². The van der Waals surface area contributed by atoms with Gasteiger partial charge in [-0.25, -0.2) is 0 Å². The Morgan fingerprint density at radius 1 is 1.55 bits per heavy atom. The van der Waals surface area contributed by atoms with Crippen molar-refractivity contribution in [3.05, 3.63) is 0 Å². The molecule has 0 amide bonds. The summed E-state index contributed by atoms with van der Waals surface area (Å²) in [7, 11) is 0. The third kappa shape index (κ3) is 2.52. The van der Waals surface area contributed by atoms with Crippen molar-refractivity contribution in [3.63, 3.8) is 0 Å². The zero-order valence-corrected chi connectivity index (χ0v) is 7.30. The third-order valence-corrected chi connectivity index (χ3v) is 2.36. The minimum atomic E-state index is -0.0202. The molecule has 1 aliphatic heterocycles. The first-order valence-electron chi connectivity index (χ1n) is 4.36. The highest BCUT2D eigenvalue weighted by Gasteiger charge is 2.19. The van der Waals surface area contributed by atoms with E-state index in [4.69, 9.17) is 4.74 Å². The van der Waals surface area contributed by atoms with Crippen LogP contribution in [0.25, 0.3) is 0 Å². The van der Waals surface area contributed by atoms with Crippen LogP contribution < -0.4 is 0 Å². The first-order valence-corrected chi connectivity index (χ1v) is 4.36. The van der Waals surface area contributed by atoms with Crippen molar-refractivity contribution in [1.82, 2.24) is 0 Å². The molecule has 0 aromatic rings. The number of rotatable bonds is 1. The monoisotopic (exact) mass is 156 g/mol. The Morgan fingerprint density at radius 2 is 2.27 bits per heavy atom. The quantitative estimate of drug-likeness (QED) is 0.543. The molecule has 0 aliphatic carbocycles. The summed E-state index contributed by atoms with van der Waals surface area (Å²) >= 11 is 0. The van der Waals surface area contributed by atoms with Crippen molar-refractivity contribution < 1.29 is 9.53 Å². The van der Waals surface area contributed by atoms with Crippen LogP contribution >= 0.6 is 0 Å². The molecule has 0 spiro atoms. The van der Waals surface area contributed by atoms with Crippen LogP contribution in [0.3, 0.4) is 0 Å². The average Bonchev–Trinajstić information content (AvgIpc) is 2.13. The molecule has 1 heterocycles. The smallest absolute Gasteiger partial charge is 0.305 e. The third-order valence-electron chi connectivity index (χ3n) is 2.36. The van der Waals surface area contributed by atoms with E-state index < -0.39 is 0 Å². The standard InChI is InChI=1S/C9H16O2/c1-7(2)8-4-3-5-9(10)11-6-8/h7-8H,3-6H2,1-2H3. The number of carbonyl (C=O) groups excluding carboxylic acids is 1. The second kappa shape index (κ2) is 3.74. The maximum atomic E-state index is 10.8. The van der Waals surface area contributed by atoms with Gasteiger partial charge in [0.1, 0.15) is 0 Å². The molecule has 2 heteroatoms. The molecule has 0 saturated carbocycles. The summed E-state index contributed by atoms with van der Waals surface area (Å²) in [6.07, 6.45) is 2.76. The van der Waals surface area contributed by atoms with Crippen LogP contribution in [0.5, 0.6) is 0 Å². The van der Waals surface area contributed by atoms with Crippen LogP contribution in [0.1, 0.15) is 33.1 Å². The molecule has 0 aromatic heterocycles. The van der Waals surface area contributed by atoms with Gasteiger partial charge in [-0.05, 0) is 24.7 Å². The number of hydrogen-bond donors (Lipinski definition) is 0. The molecule has 1 atom stereocenters. The van der Waals surface area contributed by atoms with Gasteiger partial charge < -0.3 is 4.74 Å². The van der Waals surface area contributed by atoms with Crippen LogP contribution in [-0.4, -0.2) is 12.6 Å². The van der Waals surface area contributed by atoms with Crippen molar-refractivity contribution >= 4 is 5.97 Å². The lowest BCUT2D eigenvalue weighted by molar-refractivity contribution is -0.143. The van der Waals surface area contributed by atoms with E-state index in [0.29, 0.717) is 24.9 Å². The van der Waals surface area contributed by atoms with Crippen molar-refractivity contribution in [3.8, 4) is 0 Å². The van der Waals surface area contributed by atoms with E-state index in [0.717, 1.165) is 12.8 Å². The van der Waals surface area contributed by atoms with Gasteiger partial charge in [0.25, 0.3) is 0 Å². The second-order valence-corrected chi connectivity index (χ2v) is 3.58. The van der Waals surface area contributed by atoms with Gasteiger partial charge in [0, 0.05) is 6.42 Å². The molecule has 1 unspecified atom stereocenters. The molecule has 2 nitrogen and oxygen atoms in total. The van der Waals surface area contributed by atoms with E-state index in [1.54, 1.807) is 0 Å². The van der Waals surface area contributed by atoms with Crippen LogP contribution in [-0.2, 0) is 9.53 Å². The molecule has 0 bridgehead atoms. The molecule has 64 valence electrons. The van der Waals surface area contributed by atoms with Gasteiger partial charge in [-0.3, -0.25) is 4.79 Å². The van der Waals surface area contributed by atoms with Gasteiger partial charge in [0.05, 0.1) is 6.61 Å². The molecule has 0 radical (unpaired) electrons. The molecule has 0 N–H and O–H groups in total. The molecule has 1 rings (SSSR count). The van der Waals surface area contributed by atoms with E-state index in [9.17, 15) is 4.79 Å². The van der Waals surface area contributed by atoms with E-state index >= 15 is 0 Å². The Morgan fingerprint density at radius 3 is 2.91 bits per heavy atom. The molecular weight excluding hydrogens is 140 g/mol. The van der Waals surface area contributed by atoms with Crippen LogP contribution in [0, 0.1) is 11.8 Å². The number of cyclic esters (lactones) is 1. The minimum absolute atomic E-state index is 0.0202. The molecule has 1 aliphatic rings. The Bertz CT molecular complexity index is 140. The highest BCUT2D eigenvalue weighted by molar-refractivity contribution is 5.69. The highest BCUT2D eigenvalue weighted by Crippen LogP contribution is 2.21. The van der Waals surface area contributed by atoms with Crippen LogP contribution in [0.2, 0.25) is 0 Å². The summed E-state index contributed by atoms with van der Waals surface area (Å²) < 4.78 is 5.04. The molecule has 11 heavy (non-hydrogen) atoms. The summed E-state index contributed by atoms with van der Waals surface area (Å²) in [6, 6.07) is 0. The van der Waals surface area contributed by atoms with E-state index in [-0.39, 0.29) is 5.97 Å². The van der Waals surface area contributed by atoms with Crippen molar-refractivity contribution in [2.24, 2.45) is 11.8 Å². The molecule has 0 aromatic carbocycles. The Kier molecular flexibility index (Phi) is 2.92. The first kappa shape index (κ1) is 8.57. The SMILES string of the molecule is CC(C)C1CCCC(=O)OC1. The summed E-state index contributed by atoms with van der Waals surface area (Å²) in [5.74, 6) is 1.20. The molecular formula is C9H16O2. The van der Waals surface area contributed by atoms with Crippen LogP contribution in [0.15, 0.2) is 0 Å². The highest BCUT2D eigenvalue weighted by atomic mass is 16.5. The van der Waals surface area contributed by atoms with Gasteiger partial charge in [0.15, 0.2) is 0 Å². The first-order chi connectivity index (χ1) is 5.20. The van der Waals surface area contributed by atoms with Gasteiger partial charge >= 0.3 is 5.97 Å². The Hall–Kier alpha value is -0.530. The summed E-state index contributed by atoms with van der Waals surface area (Å²) in [5.41, 5.74) is 0. The number of hydrogen-bond acceptors (Lipinski definition) is 2. The maximum Gasteiger partial charge on any atom is 0.305 e. The van der Waals surface area contributed by atoms with Gasteiger partial charge in [-0.15, -0.1) is 0 Å². The Labute approximate surface area is 67.9 Å². The zero-order chi connectivity index (χ0) is 8.27. The van der Waals surface area contributed by atoms with E-state index in [1.807, 2.05) is 0 Å². The van der Waals surface area contributed by atoms with Crippen molar-refractivity contribution in [1.29, 1.82) is 0 Å². The molecule has 1 fully saturated rings. The second-order valence-electron chi connectivity index (χ2n) is 3.58. The van der Waals surface area contributed by atoms with Crippen molar-refractivity contribution in [2.75, 3.05) is 6.61 Å². The van der Waals surface area contributed by atoms with E-state index in [2.05, 4.69) is 13.8 Å². The lowest BCUT2D eigenvalue weighted by Gasteiger charge is -2.16. The maximum absolute atomic E-state index is 10.8. The normalized spacial score (nSPS) is 26.5. The zero-order valence-electron chi connectivity index (χ0n) is 7.30. The summed E-state index contributed by atoms with van der Waals surface area (Å²) in [6.45, 7) is 5.00. The van der Waals surface area contributed by atoms with Crippen LogP contribution in [0.4, 0.5) is 0 Å². The fraction of sp³-hybridized carbons (Fsp3) is 0.889. The topological polar surface area (TPSA) is 26.3 Å². The fourth-order valence-electron chi connectivity index (χ4n) is 1.39. The van der Waals surface area contributed by atoms with Gasteiger partial charge in [-0.1, -0.05) is 13.8 Å². The van der Waals surface area contributed by atoms with Crippen molar-refractivity contribution in [2.45, 2.75) is 33.1 Å². The lowest BCUT2D eigenvalue weighted by Crippen LogP contribution is -2.14. The number of carbonyl (C=O) groups is 1. The largest absolute Gasteiger partial charge is 0.465 e. The van der Waals surface area contributed by atoms with Gasteiger partial charge in [0.2, 0.25) is 0 Å². The predicted molar refractivity (Wildman–Crippen MR) is 43.1 cm³/mol. The summed E-state index contributed by atoms with van der Waals surface area (Å²) in [5, 5.41) is 0. The predicted octanol–water partition coefficient (Wildman–Crippen LogP) is 1.99. The number of ether oxygens (including phenoxy) is 1. The minimum Gasteiger partial charge on any atom is -0.465 e. The lowest BCUT2D eigenvalue weighted by atomic mass is 9.92. The number of esters is 1. The average molecular weight is 156 g/mol.